The molecule has 0 bridgehead atoms. The van der Waals surface area contributed by atoms with Crippen LogP contribution in [-0.2, 0) is 0 Å². The third kappa shape index (κ3) is 88.2. The molecule has 0 amide bonds. The fourth-order valence-electron chi connectivity index (χ4n) is 0. The van der Waals surface area contributed by atoms with Crippen molar-refractivity contribution >= 4 is 113 Å². The Hall–Kier alpha value is 3.36. The predicted molar refractivity (Wildman–Crippen MR) is 17.3 cm³/mol. The summed E-state index contributed by atoms with van der Waals surface area (Å²) in [4.78, 5) is 0. The summed E-state index contributed by atoms with van der Waals surface area (Å²) < 4.78 is 0. The average Bonchev–Trinajstić information content (AvgIpc) is 0. The molecule has 0 radical (unpaired) electrons. The quantitative estimate of drug-likeness (QED) is 0.288. The second kappa shape index (κ2) is 108. The summed E-state index contributed by atoms with van der Waals surface area (Å²) in [6.45, 7) is 0. The Morgan fingerprint density at radius 1 is 0.222 bits per heavy atom. The number of hydrogen-bond acceptors (Lipinski definition) is 0. The van der Waals surface area contributed by atoms with Crippen molar-refractivity contribution in [3.05, 3.63) is 0 Å². The molecular formula is Ca3F6. The second-order valence-corrected chi connectivity index (χ2v) is 0. The van der Waals surface area contributed by atoms with Crippen LogP contribution in [0.1, 0.15) is 0 Å². The summed E-state index contributed by atoms with van der Waals surface area (Å²) in [5, 5.41) is 0. The van der Waals surface area contributed by atoms with Crippen molar-refractivity contribution in [2.24, 2.45) is 0 Å². The minimum Gasteiger partial charge on any atom is -1.00 e. The Bertz CT molecular complexity index is 8.26. The molecule has 0 aliphatic rings. The van der Waals surface area contributed by atoms with Crippen molar-refractivity contribution in [1.29, 1.82) is 0 Å². The average molecular weight is 234 g/mol. The van der Waals surface area contributed by atoms with Crippen LogP contribution in [0.2, 0.25) is 0 Å². The standard InChI is InChI=1S/3Ca.6FH/h;;;6*1H/q3*+2;;;;;;/p-6. The minimum absolute atomic E-state index is 0. The Labute approximate surface area is 138 Å². The van der Waals surface area contributed by atoms with E-state index in [2.05, 4.69) is 0 Å². The van der Waals surface area contributed by atoms with Gasteiger partial charge in [-0.05, 0) is 0 Å². The Morgan fingerprint density at radius 3 is 0.222 bits per heavy atom. The van der Waals surface area contributed by atoms with E-state index in [0.29, 0.717) is 0 Å². The van der Waals surface area contributed by atoms with E-state index in [-0.39, 0.29) is 141 Å². The molecule has 0 saturated heterocycles. The van der Waals surface area contributed by atoms with E-state index in [1.54, 1.807) is 0 Å². The monoisotopic (exact) mass is 234 g/mol. The molecule has 0 rings (SSSR count). The fourth-order valence-corrected chi connectivity index (χ4v) is 0. The van der Waals surface area contributed by atoms with Gasteiger partial charge in [0.1, 0.15) is 0 Å². The first-order valence-corrected chi connectivity index (χ1v) is 0. The van der Waals surface area contributed by atoms with E-state index in [4.69, 9.17) is 0 Å². The van der Waals surface area contributed by atoms with Gasteiger partial charge in [0.2, 0.25) is 0 Å². The van der Waals surface area contributed by atoms with E-state index in [1.807, 2.05) is 0 Å². The van der Waals surface area contributed by atoms with Gasteiger partial charge in [-0.1, -0.05) is 0 Å². The van der Waals surface area contributed by atoms with Gasteiger partial charge in [0, 0.05) is 0 Å². The van der Waals surface area contributed by atoms with Crippen molar-refractivity contribution in [3.63, 3.8) is 0 Å². The maximum absolute atomic E-state index is 0. The van der Waals surface area contributed by atoms with Crippen LogP contribution >= 0.6 is 0 Å². The zero-order valence-corrected chi connectivity index (χ0v) is 11.0. The molecule has 0 aromatic heterocycles. The van der Waals surface area contributed by atoms with Crippen LogP contribution in [0.3, 0.4) is 0 Å². The molecule has 48 valence electrons. The topological polar surface area (TPSA) is 0 Å². The molecule has 0 aromatic rings. The van der Waals surface area contributed by atoms with Crippen LogP contribution in [0.15, 0.2) is 0 Å². The normalized spacial score (nSPS) is 0. The van der Waals surface area contributed by atoms with E-state index in [9.17, 15) is 0 Å². The van der Waals surface area contributed by atoms with Gasteiger partial charge in [0.15, 0.2) is 0 Å². The van der Waals surface area contributed by atoms with Gasteiger partial charge in [-0.25, -0.2) is 0 Å². The van der Waals surface area contributed by atoms with Gasteiger partial charge in [-0.3, -0.25) is 0 Å². The molecule has 9 heteroatoms. The van der Waals surface area contributed by atoms with E-state index >= 15 is 0 Å². The number of halogens is 6. The smallest absolute Gasteiger partial charge is 1.00 e. The largest absolute Gasteiger partial charge is 2.00 e. The van der Waals surface area contributed by atoms with Gasteiger partial charge in [0.25, 0.3) is 0 Å². The van der Waals surface area contributed by atoms with Crippen LogP contribution in [0.5, 0.6) is 0 Å². The molecule has 0 unspecified atom stereocenters. The summed E-state index contributed by atoms with van der Waals surface area (Å²) >= 11 is 0. The van der Waals surface area contributed by atoms with Gasteiger partial charge >= 0.3 is 113 Å². The molecule has 0 atom stereocenters. The molecule has 9 heavy (non-hydrogen) atoms. The molecule has 0 nitrogen and oxygen atoms in total. The number of hydrogen-bond donors (Lipinski definition) is 0. The third-order valence-corrected chi connectivity index (χ3v) is 0. The molecule has 0 fully saturated rings. The Morgan fingerprint density at radius 2 is 0.222 bits per heavy atom. The summed E-state index contributed by atoms with van der Waals surface area (Å²) in [6, 6.07) is 0. The minimum atomic E-state index is 0. The second-order valence-electron chi connectivity index (χ2n) is 0. The van der Waals surface area contributed by atoms with Crippen LogP contribution < -0.4 is 28.2 Å². The molecule has 0 saturated carbocycles. The molecule has 0 heterocycles. The van der Waals surface area contributed by atoms with Gasteiger partial charge in [0.05, 0.1) is 0 Å². The van der Waals surface area contributed by atoms with Crippen molar-refractivity contribution < 1.29 is 28.2 Å². The Balaban J connectivity index is 0. The molecule has 0 aromatic carbocycles. The van der Waals surface area contributed by atoms with Crippen molar-refractivity contribution in [2.75, 3.05) is 0 Å². The zero-order valence-electron chi connectivity index (χ0n) is 4.39. The SMILES string of the molecule is [Ca+2].[Ca+2].[Ca+2].[F-].[F-].[F-].[F-].[F-].[F-]. The fraction of sp³-hybridized carbons (Fsp3) is 0. The van der Waals surface area contributed by atoms with Gasteiger partial charge < -0.3 is 28.2 Å². The molecular weight excluding hydrogens is 234 g/mol. The number of rotatable bonds is 0. The van der Waals surface area contributed by atoms with E-state index in [1.165, 1.54) is 0 Å². The van der Waals surface area contributed by atoms with Crippen LogP contribution in [0, 0.1) is 0 Å². The van der Waals surface area contributed by atoms with Crippen molar-refractivity contribution in [2.45, 2.75) is 0 Å². The van der Waals surface area contributed by atoms with Crippen LogP contribution in [-0.4, -0.2) is 113 Å². The third-order valence-electron chi connectivity index (χ3n) is 0. The van der Waals surface area contributed by atoms with Gasteiger partial charge in [-0.2, -0.15) is 0 Å². The van der Waals surface area contributed by atoms with Crippen molar-refractivity contribution in [3.8, 4) is 0 Å². The summed E-state index contributed by atoms with van der Waals surface area (Å²) in [6.07, 6.45) is 0. The summed E-state index contributed by atoms with van der Waals surface area (Å²) in [5.74, 6) is 0. The van der Waals surface area contributed by atoms with E-state index < -0.39 is 0 Å². The first-order valence-electron chi connectivity index (χ1n) is 0. The first kappa shape index (κ1) is 141. The first-order chi connectivity index (χ1) is 0. The molecule has 0 N–H and O–H groups in total. The molecule has 0 spiro atoms. The molecule has 0 aliphatic heterocycles. The maximum Gasteiger partial charge on any atom is 2.00 e. The summed E-state index contributed by atoms with van der Waals surface area (Å²) in [7, 11) is 0. The van der Waals surface area contributed by atoms with E-state index in [0.717, 1.165) is 0 Å². The Kier molecular flexibility index (Phi) is 1700. The van der Waals surface area contributed by atoms with Crippen LogP contribution in [0.4, 0.5) is 0 Å². The van der Waals surface area contributed by atoms with Gasteiger partial charge in [-0.15, -0.1) is 0 Å². The maximum atomic E-state index is 0. The van der Waals surface area contributed by atoms with Crippen LogP contribution in [0.25, 0.3) is 0 Å². The zero-order chi connectivity index (χ0) is 0. The van der Waals surface area contributed by atoms with Crippen molar-refractivity contribution in [1.82, 2.24) is 0 Å². The molecule has 0 aliphatic carbocycles. The summed E-state index contributed by atoms with van der Waals surface area (Å²) in [5.41, 5.74) is 0. The predicted octanol–water partition coefficient (Wildman–Crippen LogP) is -19.1.